The Labute approximate surface area is 115 Å². The summed E-state index contributed by atoms with van der Waals surface area (Å²) in [7, 11) is 0. The molecule has 0 saturated heterocycles. The second kappa shape index (κ2) is 4.66. The summed E-state index contributed by atoms with van der Waals surface area (Å²) < 4.78 is 2.04. The summed E-state index contributed by atoms with van der Waals surface area (Å²) in [5, 5.41) is 8.48. The predicted octanol–water partition coefficient (Wildman–Crippen LogP) is 2.15. The minimum absolute atomic E-state index is 0.0186. The van der Waals surface area contributed by atoms with Crippen molar-refractivity contribution in [3.8, 4) is 0 Å². The van der Waals surface area contributed by atoms with Crippen LogP contribution >= 0.6 is 11.6 Å². The van der Waals surface area contributed by atoms with Gasteiger partial charge in [-0.15, -0.1) is 10.2 Å². The Bertz CT molecular complexity index is 637. The van der Waals surface area contributed by atoms with Crippen molar-refractivity contribution in [2.24, 2.45) is 0 Å². The van der Waals surface area contributed by atoms with E-state index in [4.69, 9.17) is 11.6 Å². The highest BCUT2D eigenvalue weighted by Gasteiger charge is 2.18. The van der Waals surface area contributed by atoms with Crippen LogP contribution in [0, 0.1) is 0 Å². The summed E-state index contributed by atoms with van der Waals surface area (Å²) in [5.41, 5.74) is 1.56. The van der Waals surface area contributed by atoms with Crippen molar-refractivity contribution >= 4 is 23.1 Å². The van der Waals surface area contributed by atoms with Gasteiger partial charge in [-0.1, -0.05) is 11.6 Å². The lowest BCUT2D eigenvalue weighted by Crippen LogP contribution is -2.33. The molecule has 0 radical (unpaired) electrons. The van der Waals surface area contributed by atoms with E-state index in [1.807, 2.05) is 16.7 Å². The van der Waals surface area contributed by atoms with Gasteiger partial charge in [0.25, 0.3) is 0 Å². The fourth-order valence-electron chi connectivity index (χ4n) is 2.27. The number of benzene rings is 1. The van der Waals surface area contributed by atoms with E-state index in [1.165, 1.54) is 6.92 Å². The number of anilines is 1. The SMILES string of the molecule is CC(=O)c1ccc(N2CCn3cnnc3C2)cc1Cl. The van der Waals surface area contributed by atoms with Gasteiger partial charge in [-0.25, -0.2) is 0 Å². The minimum Gasteiger partial charge on any atom is -0.362 e. The fraction of sp³-hybridized carbons (Fsp3) is 0.308. The Morgan fingerprint density at radius 2 is 2.21 bits per heavy atom. The lowest BCUT2D eigenvalue weighted by atomic mass is 10.1. The molecule has 0 amide bonds. The summed E-state index contributed by atoms with van der Waals surface area (Å²) in [4.78, 5) is 13.5. The van der Waals surface area contributed by atoms with Crippen LogP contribution in [0.25, 0.3) is 0 Å². The first-order chi connectivity index (χ1) is 9.15. The van der Waals surface area contributed by atoms with E-state index in [0.717, 1.165) is 24.6 Å². The van der Waals surface area contributed by atoms with Crippen molar-refractivity contribution in [3.05, 3.63) is 40.9 Å². The standard InChI is InChI=1S/C13H13ClN4O/c1-9(19)11-3-2-10(6-12(11)14)17-4-5-18-8-15-16-13(18)7-17/h2-3,6,8H,4-5,7H2,1H3. The Morgan fingerprint density at radius 1 is 1.37 bits per heavy atom. The highest BCUT2D eigenvalue weighted by molar-refractivity contribution is 6.34. The van der Waals surface area contributed by atoms with Crippen molar-refractivity contribution in [1.82, 2.24) is 14.8 Å². The quantitative estimate of drug-likeness (QED) is 0.789. The Hall–Kier alpha value is -1.88. The van der Waals surface area contributed by atoms with E-state index >= 15 is 0 Å². The number of ketones is 1. The summed E-state index contributed by atoms with van der Waals surface area (Å²) in [5.74, 6) is 0.924. The monoisotopic (exact) mass is 276 g/mol. The van der Waals surface area contributed by atoms with Crippen LogP contribution in [0.3, 0.4) is 0 Å². The first kappa shape index (κ1) is 12.2. The molecule has 0 saturated carbocycles. The number of hydrogen-bond acceptors (Lipinski definition) is 4. The average molecular weight is 277 g/mol. The average Bonchev–Trinajstić information content (AvgIpc) is 2.85. The number of aromatic nitrogens is 3. The lowest BCUT2D eigenvalue weighted by molar-refractivity contribution is 0.101. The highest BCUT2D eigenvalue weighted by Crippen LogP contribution is 2.26. The molecule has 0 atom stereocenters. The molecule has 1 aromatic carbocycles. The van der Waals surface area contributed by atoms with E-state index in [-0.39, 0.29) is 5.78 Å². The third-order valence-electron chi connectivity index (χ3n) is 3.34. The van der Waals surface area contributed by atoms with Crippen molar-refractivity contribution in [2.75, 3.05) is 11.4 Å². The smallest absolute Gasteiger partial charge is 0.161 e. The molecule has 0 aliphatic carbocycles. The number of halogens is 1. The second-order valence-corrected chi connectivity index (χ2v) is 4.99. The number of Topliss-reactive ketones (excluding diaryl/α,β-unsaturated/α-hetero) is 1. The van der Waals surface area contributed by atoms with Crippen LogP contribution in [0.1, 0.15) is 23.1 Å². The van der Waals surface area contributed by atoms with Gasteiger partial charge >= 0.3 is 0 Å². The van der Waals surface area contributed by atoms with Gasteiger partial charge in [0, 0.05) is 24.3 Å². The number of carbonyl (C=O) groups excluding carboxylic acids is 1. The van der Waals surface area contributed by atoms with Gasteiger partial charge in [-0.05, 0) is 25.1 Å². The van der Waals surface area contributed by atoms with Crippen LogP contribution in [0.2, 0.25) is 5.02 Å². The van der Waals surface area contributed by atoms with Crippen LogP contribution in [-0.4, -0.2) is 27.1 Å². The van der Waals surface area contributed by atoms with Gasteiger partial charge in [0.1, 0.15) is 6.33 Å². The van der Waals surface area contributed by atoms with Crippen LogP contribution < -0.4 is 4.90 Å². The van der Waals surface area contributed by atoms with Gasteiger partial charge in [0.15, 0.2) is 11.6 Å². The largest absolute Gasteiger partial charge is 0.362 e. The third-order valence-corrected chi connectivity index (χ3v) is 3.65. The number of rotatable bonds is 2. The molecule has 0 unspecified atom stereocenters. The number of fused-ring (bicyclic) bond motifs is 1. The molecule has 2 heterocycles. The van der Waals surface area contributed by atoms with E-state index in [2.05, 4.69) is 15.1 Å². The van der Waals surface area contributed by atoms with Crippen molar-refractivity contribution < 1.29 is 4.79 Å². The van der Waals surface area contributed by atoms with E-state index in [1.54, 1.807) is 12.4 Å². The highest BCUT2D eigenvalue weighted by atomic mass is 35.5. The first-order valence-electron chi connectivity index (χ1n) is 6.07. The van der Waals surface area contributed by atoms with Crippen LogP contribution in [0.5, 0.6) is 0 Å². The Balaban J connectivity index is 1.88. The molecule has 2 aromatic rings. The fourth-order valence-corrected chi connectivity index (χ4v) is 2.58. The van der Waals surface area contributed by atoms with Crippen molar-refractivity contribution in [2.45, 2.75) is 20.0 Å². The summed E-state index contributed by atoms with van der Waals surface area (Å²) in [6, 6.07) is 5.54. The summed E-state index contributed by atoms with van der Waals surface area (Å²) >= 11 is 6.14. The molecule has 0 fully saturated rings. The topological polar surface area (TPSA) is 51.0 Å². The molecule has 6 heteroatoms. The summed E-state index contributed by atoms with van der Waals surface area (Å²) in [6.45, 7) is 3.95. The van der Waals surface area contributed by atoms with Crippen molar-refractivity contribution in [1.29, 1.82) is 0 Å². The van der Waals surface area contributed by atoms with E-state index < -0.39 is 0 Å². The van der Waals surface area contributed by atoms with E-state index in [9.17, 15) is 4.79 Å². The second-order valence-electron chi connectivity index (χ2n) is 4.58. The van der Waals surface area contributed by atoms with Gasteiger partial charge < -0.3 is 9.47 Å². The predicted molar refractivity (Wildman–Crippen MR) is 72.5 cm³/mol. The zero-order chi connectivity index (χ0) is 13.4. The number of hydrogen-bond donors (Lipinski definition) is 0. The molecule has 1 aromatic heterocycles. The molecular formula is C13H13ClN4O. The molecule has 0 N–H and O–H groups in total. The maximum atomic E-state index is 11.4. The van der Waals surface area contributed by atoms with Gasteiger partial charge in [0.2, 0.25) is 0 Å². The van der Waals surface area contributed by atoms with Gasteiger partial charge in [0.05, 0.1) is 11.6 Å². The maximum absolute atomic E-state index is 11.4. The van der Waals surface area contributed by atoms with E-state index in [0.29, 0.717) is 17.1 Å². The molecule has 0 bridgehead atoms. The molecule has 98 valence electrons. The molecule has 1 aliphatic rings. The van der Waals surface area contributed by atoms with Crippen LogP contribution in [0.15, 0.2) is 24.5 Å². The first-order valence-corrected chi connectivity index (χ1v) is 6.45. The zero-order valence-electron chi connectivity index (χ0n) is 10.5. The minimum atomic E-state index is -0.0186. The zero-order valence-corrected chi connectivity index (χ0v) is 11.3. The number of nitrogens with zero attached hydrogens (tertiary/aromatic N) is 4. The normalized spacial score (nSPS) is 14.3. The lowest BCUT2D eigenvalue weighted by Gasteiger charge is -2.29. The molecule has 1 aliphatic heterocycles. The van der Waals surface area contributed by atoms with Gasteiger partial charge in [-0.3, -0.25) is 4.79 Å². The molecule has 3 rings (SSSR count). The molecular weight excluding hydrogens is 264 g/mol. The maximum Gasteiger partial charge on any atom is 0.161 e. The third kappa shape index (κ3) is 2.21. The molecule has 0 spiro atoms. The van der Waals surface area contributed by atoms with Crippen molar-refractivity contribution in [3.63, 3.8) is 0 Å². The molecule has 5 nitrogen and oxygen atoms in total. The number of carbonyl (C=O) groups is 1. The van der Waals surface area contributed by atoms with Crippen LogP contribution in [-0.2, 0) is 13.1 Å². The molecule has 19 heavy (non-hydrogen) atoms. The Morgan fingerprint density at radius 3 is 2.95 bits per heavy atom. The van der Waals surface area contributed by atoms with Gasteiger partial charge in [-0.2, -0.15) is 0 Å². The Kier molecular flexibility index (Phi) is 2.98. The summed E-state index contributed by atoms with van der Waals surface area (Å²) in [6.07, 6.45) is 1.75. The van der Waals surface area contributed by atoms with Crippen LogP contribution in [0.4, 0.5) is 5.69 Å².